The number of rotatable bonds is 6. The first-order valence-corrected chi connectivity index (χ1v) is 11.9. The van der Waals surface area contributed by atoms with Gasteiger partial charge in [0.15, 0.2) is 11.5 Å². The van der Waals surface area contributed by atoms with Gasteiger partial charge in [-0.15, -0.1) is 0 Å². The summed E-state index contributed by atoms with van der Waals surface area (Å²) in [6.45, 7) is 0. The molecule has 3 aromatic rings. The van der Waals surface area contributed by atoms with Gasteiger partial charge in [-0.25, -0.2) is 13.2 Å². The van der Waals surface area contributed by atoms with Crippen LogP contribution in [0.5, 0.6) is 17.2 Å². The number of anilines is 2. The van der Waals surface area contributed by atoms with E-state index in [0.29, 0.717) is 0 Å². The van der Waals surface area contributed by atoms with E-state index in [-0.39, 0.29) is 38.5 Å². The lowest BCUT2D eigenvalue weighted by Crippen LogP contribution is -2.65. The minimum atomic E-state index is -5.19. The van der Waals surface area contributed by atoms with E-state index in [1.54, 1.807) is 23.5 Å². The molecule has 4 rings (SSSR count). The van der Waals surface area contributed by atoms with E-state index >= 15 is 0 Å². The molecule has 3 N–H and O–H groups in total. The zero-order valence-electron chi connectivity index (χ0n) is 18.2. The summed E-state index contributed by atoms with van der Waals surface area (Å²) in [7, 11) is -2.78. The molecule has 0 unspecified atom stereocenters. The molecule has 190 valence electrons. The minimum Gasteiger partial charge on any atom is -0.495 e. The van der Waals surface area contributed by atoms with Crippen molar-refractivity contribution in [3.05, 3.63) is 71.8 Å². The van der Waals surface area contributed by atoms with Crippen LogP contribution in [-0.4, -0.2) is 33.6 Å². The number of nitrogens with one attached hydrogen (secondary N) is 3. The number of halogens is 4. The van der Waals surface area contributed by atoms with Crippen LogP contribution in [0.4, 0.5) is 29.3 Å². The van der Waals surface area contributed by atoms with E-state index in [2.05, 4.69) is 10.0 Å². The number of amides is 2. The molecule has 14 heteroatoms. The van der Waals surface area contributed by atoms with Crippen molar-refractivity contribution in [3.8, 4) is 17.2 Å². The number of sulfonamides is 1. The summed E-state index contributed by atoms with van der Waals surface area (Å²) < 4.78 is 84.5. The van der Waals surface area contributed by atoms with Gasteiger partial charge in [-0.05, 0) is 42.5 Å². The van der Waals surface area contributed by atoms with Crippen LogP contribution in [0.15, 0.2) is 71.6 Å². The zero-order chi connectivity index (χ0) is 26.1. The Balaban J connectivity index is 1.52. The number of urea groups is 1. The zero-order valence-corrected chi connectivity index (χ0v) is 19.8. The number of carbonyl (C=O) groups excluding carboxylic acids is 1. The van der Waals surface area contributed by atoms with Crippen molar-refractivity contribution in [3.63, 3.8) is 0 Å². The highest BCUT2D eigenvalue weighted by Gasteiger charge is 2.65. The van der Waals surface area contributed by atoms with Gasteiger partial charge in [0, 0.05) is 16.8 Å². The largest absolute Gasteiger partial charge is 0.495 e. The van der Waals surface area contributed by atoms with Crippen molar-refractivity contribution in [2.24, 2.45) is 0 Å². The van der Waals surface area contributed by atoms with Crippen LogP contribution < -0.4 is 29.6 Å². The third kappa shape index (κ3) is 5.06. The monoisotopic (exact) mass is 543 g/mol. The number of hydrogen-bond acceptors (Lipinski definition) is 6. The molecule has 1 heterocycles. The number of benzene rings is 3. The summed E-state index contributed by atoms with van der Waals surface area (Å²) in [5.74, 6) is -3.87. The van der Waals surface area contributed by atoms with Crippen molar-refractivity contribution < 1.29 is 40.6 Å². The van der Waals surface area contributed by atoms with Crippen LogP contribution in [0.25, 0.3) is 0 Å². The van der Waals surface area contributed by atoms with E-state index in [0.717, 1.165) is 18.2 Å². The Labute approximate surface area is 208 Å². The van der Waals surface area contributed by atoms with Crippen LogP contribution in [-0.2, 0) is 10.0 Å². The molecule has 3 aromatic carbocycles. The van der Waals surface area contributed by atoms with Crippen LogP contribution in [0.3, 0.4) is 0 Å². The second kappa shape index (κ2) is 9.32. The quantitative estimate of drug-likeness (QED) is 0.405. The third-order valence-corrected chi connectivity index (χ3v) is 6.42. The van der Waals surface area contributed by atoms with Crippen LogP contribution in [0, 0.1) is 0 Å². The van der Waals surface area contributed by atoms with Crippen molar-refractivity contribution >= 4 is 39.0 Å². The number of alkyl halides is 3. The standard InChI is InChI=1S/C22H17ClF3N3O6S/c1-33-17-8-3-2-7-16(17)29-36(31,32)15-6-4-5-14(12-15)27-20(30)28-22(21(24,25)26)34-18-10-9-13(23)11-19(18)35-22/h2-12,29H,1H3,(H2,27,28,30)/t22-/m1/s1. The van der Waals surface area contributed by atoms with Crippen molar-refractivity contribution in [1.82, 2.24) is 5.32 Å². The van der Waals surface area contributed by atoms with Gasteiger partial charge in [-0.3, -0.25) is 10.0 Å². The van der Waals surface area contributed by atoms with E-state index in [1.807, 2.05) is 0 Å². The normalized spacial score (nSPS) is 16.8. The highest BCUT2D eigenvalue weighted by molar-refractivity contribution is 7.92. The van der Waals surface area contributed by atoms with Crippen LogP contribution >= 0.6 is 11.6 Å². The maximum absolute atomic E-state index is 13.8. The Morgan fingerprint density at radius 3 is 2.44 bits per heavy atom. The number of para-hydroxylation sites is 2. The molecule has 0 radical (unpaired) electrons. The topological polar surface area (TPSA) is 115 Å². The maximum Gasteiger partial charge on any atom is 0.492 e. The van der Waals surface area contributed by atoms with Crippen molar-refractivity contribution in [2.75, 3.05) is 17.1 Å². The van der Waals surface area contributed by atoms with Gasteiger partial charge in [0.25, 0.3) is 10.0 Å². The number of carbonyl (C=O) groups is 1. The Kier molecular flexibility index (Phi) is 6.54. The van der Waals surface area contributed by atoms with Gasteiger partial charge < -0.3 is 19.5 Å². The molecule has 0 saturated carbocycles. The van der Waals surface area contributed by atoms with Gasteiger partial charge in [0.05, 0.1) is 17.7 Å². The van der Waals surface area contributed by atoms with Crippen LogP contribution in [0.2, 0.25) is 5.02 Å². The molecule has 1 aliphatic rings. The Morgan fingerprint density at radius 1 is 1.00 bits per heavy atom. The molecule has 1 atom stereocenters. The predicted molar refractivity (Wildman–Crippen MR) is 124 cm³/mol. The molecule has 0 bridgehead atoms. The second-order valence-electron chi connectivity index (χ2n) is 7.32. The summed E-state index contributed by atoms with van der Waals surface area (Å²) in [5.41, 5.74) is 0.0460. The molecular weight excluding hydrogens is 527 g/mol. The molecule has 0 spiro atoms. The Morgan fingerprint density at radius 2 is 1.72 bits per heavy atom. The fourth-order valence-electron chi connectivity index (χ4n) is 3.20. The molecule has 2 amide bonds. The van der Waals surface area contributed by atoms with Gasteiger partial charge in [-0.1, -0.05) is 29.8 Å². The number of methoxy groups -OCH3 is 1. The van der Waals surface area contributed by atoms with Gasteiger partial charge >= 0.3 is 18.1 Å². The third-order valence-electron chi connectivity index (χ3n) is 4.82. The van der Waals surface area contributed by atoms with Gasteiger partial charge in [0.2, 0.25) is 0 Å². The maximum atomic E-state index is 13.8. The lowest BCUT2D eigenvalue weighted by Gasteiger charge is -2.29. The van der Waals surface area contributed by atoms with E-state index in [1.165, 1.54) is 37.4 Å². The fraction of sp³-hybridized carbons (Fsp3) is 0.136. The second-order valence-corrected chi connectivity index (χ2v) is 9.44. The average Bonchev–Trinajstić information content (AvgIpc) is 3.17. The first kappa shape index (κ1) is 25.3. The fourth-order valence-corrected chi connectivity index (χ4v) is 4.48. The number of fused-ring (bicyclic) bond motifs is 1. The SMILES string of the molecule is COc1ccccc1NS(=O)(=O)c1cccc(NC(=O)N[C@]2(C(F)(F)F)Oc3ccc(Cl)cc3O2)c1. The van der Waals surface area contributed by atoms with Gasteiger partial charge in [0.1, 0.15) is 5.75 Å². The smallest absolute Gasteiger partial charge is 0.492 e. The average molecular weight is 544 g/mol. The van der Waals surface area contributed by atoms with Crippen LogP contribution in [0.1, 0.15) is 0 Å². The molecule has 9 nitrogen and oxygen atoms in total. The summed E-state index contributed by atoms with van der Waals surface area (Å²) in [4.78, 5) is 12.2. The number of ether oxygens (including phenoxy) is 3. The van der Waals surface area contributed by atoms with E-state index in [9.17, 15) is 26.4 Å². The Hall–Kier alpha value is -3.84. The Bertz CT molecular complexity index is 1420. The summed E-state index contributed by atoms with van der Waals surface area (Å²) in [6.07, 6.45) is -5.19. The highest BCUT2D eigenvalue weighted by atomic mass is 35.5. The van der Waals surface area contributed by atoms with E-state index < -0.39 is 28.1 Å². The summed E-state index contributed by atoms with van der Waals surface area (Å²) in [6, 6.07) is 13.3. The molecule has 0 saturated heterocycles. The molecular formula is C22H17ClF3N3O6S. The summed E-state index contributed by atoms with van der Waals surface area (Å²) in [5, 5.41) is 3.86. The molecule has 0 aliphatic carbocycles. The first-order valence-electron chi connectivity index (χ1n) is 10.0. The minimum absolute atomic E-state index is 0.0968. The molecule has 0 aromatic heterocycles. The highest BCUT2D eigenvalue weighted by Crippen LogP contribution is 2.46. The van der Waals surface area contributed by atoms with Crippen molar-refractivity contribution in [2.45, 2.75) is 17.0 Å². The lowest BCUT2D eigenvalue weighted by molar-refractivity contribution is -0.317. The number of hydrogen-bond donors (Lipinski definition) is 3. The van der Waals surface area contributed by atoms with Crippen molar-refractivity contribution in [1.29, 1.82) is 0 Å². The van der Waals surface area contributed by atoms with Gasteiger partial charge in [-0.2, -0.15) is 13.2 Å². The summed E-state index contributed by atoms with van der Waals surface area (Å²) >= 11 is 5.79. The molecule has 36 heavy (non-hydrogen) atoms. The van der Waals surface area contributed by atoms with E-state index in [4.69, 9.17) is 25.8 Å². The lowest BCUT2D eigenvalue weighted by atomic mass is 10.3. The predicted octanol–water partition coefficient (Wildman–Crippen LogP) is 4.96. The molecule has 0 fully saturated rings. The first-order chi connectivity index (χ1) is 16.9. The molecule has 1 aliphatic heterocycles.